The van der Waals surface area contributed by atoms with Gasteiger partial charge in [0.2, 0.25) is 0 Å². The van der Waals surface area contributed by atoms with Gasteiger partial charge in [-0.25, -0.2) is 0 Å². The van der Waals surface area contributed by atoms with E-state index in [-0.39, 0.29) is 0 Å². The zero-order chi connectivity index (χ0) is 12.1. The Morgan fingerprint density at radius 1 is 1.38 bits per heavy atom. The molecule has 4 unspecified atom stereocenters. The Morgan fingerprint density at radius 2 is 2.06 bits per heavy atom. The predicted octanol–water partition coefficient (Wildman–Crippen LogP) is 2.70. The van der Waals surface area contributed by atoms with E-state index in [2.05, 4.69) is 33.0 Å². The second kappa shape index (κ2) is 6.75. The Bertz CT molecular complexity index is 228. The maximum Gasteiger partial charge on any atom is 0.0506 e. The fourth-order valence-electron chi connectivity index (χ4n) is 2.50. The third-order valence-electron chi connectivity index (χ3n) is 3.47. The van der Waals surface area contributed by atoms with E-state index >= 15 is 0 Å². The highest BCUT2D eigenvalue weighted by Gasteiger charge is 2.33. The largest absolute Gasteiger partial charge is 0.313 e. The second-order valence-electron chi connectivity index (χ2n) is 5.39. The second-order valence-corrected chi connectivity index (χ2v) is 7.60. The van der Waals surface area contributed by atoms with Crippen LogP contribution in [0, 0.1) is 5.92 Å². The first-order chi connectivity index (χ1) is 7.56. The summed E-state index contributed by atoms with van der Waals surface area (Å²) in [6.07, 6.45) is 4.77. The molecule has 2 nitrogen and oxygen atoms in total. The third-order valence-corrected chi connectivity index (χ3v) is 5.52. The molecule has 1 fully saturated rings. The van der Waals surface area contributed by atoms with Crippen molar-refractivity contribution >= 4 is 10.8 Å². The summed E-state index contributed by atoms with van der Waals surface area (Å²) >= 11 is 0. The van der Waals surface area contributed by atoms with Crippen molar-refractivity contribution in [1.82, 2.24) is 5.32 Å². The number of rotatable bonds is 5. The summed E-state index contributed by atoms with van der Waals surface area (Å²) in [6.45, 7) is 9.69. The molecule has 16 heavy (non-hydrogen) atoms. The van der Waals surface area contributed by atoms with Gasteiger partial charge in [-0.2, -0.15) is 0 Å². The average Bonchev–Trinajstić information content (AvgIpc) is 2.26. The number of nitrogens with one attached hydrogen (secondary N) is 1. The minimum absolute atomic E-state index is 0.293. The molecule has 3 heteroatoms. The van der Waals surface area contributed by atoms with Crippen LogP contribution in [0.5, 0.6) is 0 Å². The van der Waals surface area contributed by atoms with Crippen LogP contribution in [0.15, 0.2) is 0 Å². The molecule has 4 atom stereocenters. The highest BCUT2D eigenvalue weighted by atomic mass is 32.2. The van der Waals surface area contributed by atoms with Crippen molar-refractivity contribution in [1.29, 1.82) is 0 Å². The predicted molar refractivity (Wildman–Crippen MR) is 72.2 cm³/mol. The smallest absolute Gasteiger partial charge is 0.0506 e. The van der Waals surface area contributed by atoms with E-state index in [9.17, 15) is 4.21 Å². The molecule has 0 radical (unpaired) electrons. The van der Waals surface area contributed by atoms with Gasteiger partial charge in [0.15, 0.2) is 0 Å². The molecule has 0 amide bonds. The van der Waals surface area contributed by atoms with E-state index in [1.165, 1.54) is 12.8 Å². The third kappa shape index (κ3) is 3.85. The zero-order valence-electron chi connectivity index (χ0n) is 11.2. The van der Waals surface area contributed by atoms with Crippen LogP contribution in [-0.2, 0) is 10.8 Å². The summed E-state index contributed by atoms with van der Waals surface area (Å²) in [6, 6.07) is 0.486. The summed E-state index contributed by atoms with van der Waals surface area (Å²) in [5, 5.41) is 4.25. The normalized spacial score (nSPS) is 32.9. The standard InChI is InChI=1S/C13H27NOS/c1-5-8-14-12-7-6-11(4)9-13(12)16(15)10(2)3/h10-14H,5-9H2,1-4H3. The maximum absolute atomic E-state index is 12.3. The summed E-state index contributed by atoms with van der Waals surface area (Å²) in [5.41, 5.74) is 0. The molecule has 0 aromatic carbocycles. The molecule has 0 bridgehead atoms. The highest BCUT2D eigenvalue weighted by molar-refractivity contribution is 7.86. The summed E-state index contributed by atoms with van der Waals surface area (Å²) in [5.74, 6) is 0.743. The van der Waals surface area contributed by atoms with Gasteiger partial charge in [0, 0.05) is 22.1 Å². The summed E-state index contributed by atoms with van der Waals surface area (Å²) in [7, 11) is -0.675. The SMILES string of the molecule is CCCNC1CCC(C)CC1S(=O)C(C)C. The van der Waals surface area contributed by atoms with E-state index in [1.807, 2.05) is 0 Å². The van der Waals surface area contributed by atoms with Gasteiger partial charge >= 0.3 is 0 Å². The first-order valence-corrected chi connectivity index (χ1v) is 7.96. The molecular weight excluding hydrogens is 218 g/mol. The minimum Gasteiger partial charge on any atom is -0.313 e. The van der Waals surface area contributed by atoms with Crippen molar-refractivity contribution in [3.05, 3.63) is 0 Å². The minimum atomic E-state index is -0.675. The van der Waals surface area contributed by atoms with Gasteiger partial charge in [0.05, 0.1) is 5.25 Å². The Hall–Kier alpha value is 0.110. The van der Waals surface area contributed by atoms with Crippen LogP contribution < -0.4 is 5.32 Å². The molecule has 0 saturated heterocycles. The van der Waals surface area contributed by atoms with Gasteiger partial charge in [-0.1, -0.05) is 27.7 Å². The molecule has 1 saturated carbocycles. The summed E-state index contributed by atoms with van der Waals surface area (Å²) in [4.78, 5) is 0. The van der Waals surface area contributed by atoms with Crippen molar-refractivity contribution in [3.63, 3.8) is 0 Å². The maximum atomic E-state index is 12.3. The Morgan fingerprint density at radius 3 is 2.62 bits per heavy atom. The van der Waals surface area contributed by atoms with Gasteiger partial charge in [0.25, 0.3) is 0 Å². The van der Waals surface area contributed by atoms with Crippen molar-refractivity contribution in [2.45, 2.75) is 69.9 Å². The lowest BCUT2D eigenvalue weighted by Gasteiger charge is -2.35. The van der Waals surface area contributed by atoms with Crippen molar-refractivity contribution < 1.29 is 4.21 Å². The lowest BCUT2D eigenvalue weighted by molar-refractivity contribution is 0.313. The molecule has 0 heterocycles. The fraction of sp³-hybridized carbons (Fsp3) is 1.00. The van der Waals surface area contributed by atoms with Crippen LogP contribution >= 0.6 is 0 Å². The topological polar surface area (TPSA) is 29.1 Å². The van der Waals surface area contributed by atoms with Gasteiger partial charge < -0.3 is 5.32 Å². The average molecular weight is 245 g/mol. The monoisotopic (exact) mass is 245 g/mol. The highest BCUT2D eigenvalue weighted by Crippen LogP contribution is 2.28. The van der Waals surface area contributed by atoms with E-state index in [4.69, 9.17) is 0 Å². The molecule has 0 aliphatic heterocycles. The number of hydrogen-bond acceptors (Lipinski definition) is 2. The Balaban J connectivity index is 2.61. The zero-order valence-corrected chi connectivity index (χ0v) is 12.0. The molecule has 0 aromatic rings. The Kier molecular flexibility index (Phi) is 5.98. The van der Waals surface area contributed by atoms with Gasteiger partial charge in [-0.05, 0) is 38.1 Å². The van der Waals surface area contributed by atoms with Crippen LogP contribution in [0.4, 0.5) is 0 Å². The first kappa shape index (κ1) is 14.2. The van der Waals surface area contributed by atoms with Crippen molar-refractivity contribution in [3.8, 4) is 0 Å². The number of hydrogen-bond donors (Lipinski definition) is 1. The first-order valence-electron chi connectivity index (χ1n) is 6.69. The molecule has 0 spiro atoms. The van der Waals surface area contributed by atoms with E-state index in [0.29, 0.717) is 16.5 Å². The van der Waals surface area contributed by atoms with E-state index in [1.54, 1.807) is 0 Å². The molecule has 96 valence electrons. The fourth-order valence-corrected chi connectivity index (χ4v) is 4.27. The molecule has 1 aliphatic rings. The van der Waals surface area contributed by atoms with E-state index < -0.39 is 10.8 Å². The van der Waals surface area contributed by atoms with Crippen LogP contribution in [-0.4, -0.2) is 27.3 Å². The van der Waals surface area contributed by atoms with Gasteiger partial charge in [-0.3, -0.25) is 4.21 Å². The molecule has 1 N–H and O–H groups in total. The van der Waals surface area contributed by atoms with Gasteiger partial charge in [0.1, 0.15) is 0 Å². The molecule has 0 aromatic heterocycles. The molecule has 1 aliphatic carbocycles. The lowest BCUT2D eigenvalue weighted by atomic mass is 9.87. The van der Waals surface area contributed by atoms with Crippen LogP contribution in [0.25, 0.3) is 0 Å². The van der Waals surface area contributed by atoms with Crippen LogP contribution in [0.1, 0.15) is 53.4 Å². The summed E-state index contributed by atoms with van der Waals surface area (Å²) < 4.78 is 12.3. The van der Waals surface area contributed by atoms with Gasteiger partial charge in [-0.15, -0.1) is 0 Å². The molecular formula is C13H27NOS. The quantitative estimate of drug-likeness (QED) is 0.807. The van der Waals surface area contributed by atoms with Crippen LogP contribution in [0.3, 0.4) is 0 Å². The van der Waals surface area contributed by atoms with E-state index in [0.717, 1.165) is 25.3 Å². The van der Waals surface area contributed by atoms with Crippen LogP contribution in [0.2, 0.25) is 0 Å². The van der Waals surface area contributed by atoms with Crippen molar-refractivity contribution in [2.24, 2.45) is 5.92 Å². The van der Waals surface area contributed by atoms with Crippen molar-refractivity contribution in [2.75, 3.05) is 6.54 Å². The lowest BCUT2D eigenvalue weighted by Crippen LogP contribution is -2.47. The molecule has 1 rings (SSSR count). The Labute approximate surface area is 103 Å².